The van der Waals surface area contributed by atoms with E-state index >= 15 is 0 Å². The zero-order valence-electron chi connectivity index (χ0n) is 11.6. The van der Waals surface area contributed by atoms with E-state index in [1.54, 1.807) is 7.11 Å². The molecule has 0 fully saturated rings. The van der Waals surface area contributed by atoms with Gasteiger partial charge in [-0.3, -0.25) is 0 Å². The van der Waals surface area contributed by atoms with Gasteiger partial charge in [0.25, 0.3) is 0 Å². The normalized spacial score (nSPS) is 10.1. The van der Waals surface area contributed by atoms with E-state index < -0.39 is 0 Å². The summed E-state index contributed by atoms with van der Waals surface area (Å²) in [5.41, 5.74) is 0.847. The summed E-state index contributed by atoms with van der Waals surface area (Å²) in [6.07, 6.45) is 0. The topological polar surface area (TPSA) is 41.9 Å². The van der Waals surface area contributed by atoms with Crippen LogP contribution >= 0.6 is 0 Å². The molecule has 0 amide bonds. The highest BCUT2D eigenvalue weighted by molar-refractivity contribution is 5.39. The minimum atomic E-state index is -0.130. The van der Waals surface area contributed by atoms with Crippen LogP contribution < -0.4 is 4.74 Å². The summed E-state index contributed by atoms with van der Waals surface area (Å²) in [5, 5.41) is 8.65. The molecule has 0 atom stereocenters. The molecule has 0 saturated carbocycles. The van der Waals surface area contributed by atoms with Crippen molar-refractivity contribution in [3.8, 4) is 17.6 Å². The van der Waals surface area contributed by atoms with E-state index in [9.17, 15) is 0 Å². The first kappa shape index (κ1) is 15.5. The summed E-state index contributed by atoms with van der Waals surface area (Å²) >= 11 is 0. The van der Waals surface area contributed by atoms with E-state index in [0.29, 0.717) is 6.61 Å². The predicted octanol–water partition coefficient (Wildman–Crippen LogP) is 0.987. The molecule has 104 valence electrons. The highest BCUT2D eigenvalue weighted by Gasteiger charge is 1.99. The van der Waals surface area contributed by atoms with Gasteiger partial charge in [-0.05, 0) is 25.2 Å². The van der Waals surface area contributed by atoms with Crippen LogP contribution in [0.4, 0.5) is 0 Å². The van der Waals surface area contributed by atoms with E-state index in [4.69, 9.17) is 14.6 Å². The number of aliphatic hydroxyl groups is 1. The Morgan fingerprint density at radius 1 is 1.26 bits per heavy atom. The average Bonchev–Trinajstić information content (AvgIpc) is 2.43. The predicted molar refractivity (Wildman–Crippen MR) is 75.3 cm³/mol. The molecule has 19 heavy (non-hydrogen) atoms. The Morgan fingerprint density at radius 2 is 2.05 bits per heavy atom. The third-order valence-corrected chi connectivity index (χ3v) is 2.56. The highest BCUT2D eigenvalue weighted by atomic mass is 16.5. The summed E-state index contributed by atoms with van der Waals surface area (Å²) in [5.74, 6) is 6.27. The third kappa shape index (κ3) is 6.82. The van der Waals surface area contributed by atoms with Gasteiger partial charge in [-0.25, -0.2) is 0 Å². The fourth-order valence-electron chi connectivity index (χ4n) is 1.48. The number of ether oxygens (including phenoxy) is 2. The molecule has 0 spiro atoms. The number of benzene rings is 1. The molecule has 4 nitrogen and oxygen atoms in total. The lowest BCUT2D eigenvalue weighted by molar-refractivity contribution is 0.150. The highest BCUT2D eigenvalue weighted by Crippen LogP contribution is 2.12. The fraction of sp³-hybridized carbons (Fsp3) is 0.467. The van der Waals surface area contributed by atoms with E-state index in [1.807, 2.05) is 31.3 Å². The van der Waals surface area contributed by atoms with Crippen LogP contribution in [0.2, 0.25) is 0 Å². The number of likely N-dealkylation sites (N-methyl/N-ethyl adjacent to an activating group) is 1. The van der Waals surface area contributed by atoms with Crippen molar-refractivity contribution < 1.29 is 14.6 Å². The lowest BCUT2D eigenvalue weighted by Gasteiger charge is -2.16. The quantitative estimate of drug-likeness (QED) is 0.745. The molecule has 0 heterocycles. The van der Waals surface area contributed by atoms with Gasteiger partial charge in [0.1, 0.15) is 19.0 Å². The van der Waals surface area contributed by atoms with Crippen molar-refractivity contribution in [3.05, 3.63) is 29.8 Å². The van der Waals surface area contributed by atoms with Crippen molar-refractivity contribution in [1.29, 1.82) is 0 Å². The zero-order valence-corrected chi connectivity index (χ0v) is 11.6. The molecule has 4 heteroatoms. The maximum atomic E-state index is 8.65. The first-order chi connectivity index (χ1) is 9.26. The summed E-state index contributed by atoms with van der Waals surface area (Å²) < 4.78 is 10.7. The third-order valence-electron chi connectivity index (χ3n) is 2.56. The van der Waals surface area contributed by atoms with Crippen molar-refractivity contribution in [1.82, 2.24) is 4.90 Å². The molecule has 1 N–H and O–H groups in total. The van der Waals surface area contributed by atoms with E-state index in [-0.39, 0.29) is 6.61 Å². The van der Waals surface area contributed by atoms with E-state index in [1.165, 1.54) is 0 Å². The number of nitrogens with zero attached hydrogens (tertiary/aromatic N) is 1. The second-order valence-electron chi connectivity index (χ2n) is 4.13. The van der Waals surface area contributed by atoms with Gasteiger partial charge in [-0.2, -0.15) is 0 Å². The lowest BCUT2D eigenvalue weighted by atomic mass is 10.2. The number of rotatable bonds is 7. The Hall–Kier alpha value is -1.54. The zero-order chi connectivity index (χ0) is 13.9. The van der Waals surface area contributed by atoms with Crippen LogP contribution in [0.25, 0.3) is 0 Å². The van der Waals surface area contributed by atoms with Gasteiger partial charge < -0.3 is 19.5 Å². The van der Waals surface area contributed by atoms with Crippen molar-refractivity contribution >= 4 is 0 Å². The van der Waals surface area contributed by atoms with Gasteiger partial charge in [0.05, 0.1) is 6.61 Å². The Bertz CT molecular complexity index is 423. The Labute approximate surface area is 114 Å². The summed E-state index contributed by atoms with van der Waals surface area (Å²) in [4.78, 5) is 2.15. The molecule has 0 radical (unpaired) electrons. The summed E-state index contributed by atoms with van der Waals surface area (Å²) in [6.45, 7) is 2.95. The molecule has 0 aliphatic rings. The van der Waals surface area contributed by atoms with Crippen LogP contribution in [-0.2, 0) is 4.74 Å². The van der Waals surface area contributed by atoms with Crippen LogP contribution in [0.3, 0.4) is 0 Å². The molecule has 0 aliphatic heterocycles. The van der Waals surface area contributed by atoms with Crippen LogP contribution in [0.15, 0.2) is 24.3 Å². The molecule has 0 saturated heterocycles. The van der Waals surface area contributed by atoms with Gasteiger partial charge in [0, 0.05) is 25.8 Å². The Balaban J connectivity index is 2.36. The van der Waals surface area contributed by atoms with Gasteiger partial charge >= 0.3 is 0 Å². The average molecular weight is 263 g/mol. The number of hydrogen-bond donors (Lipinski definition) is 1. The lowest BCUT2D eigenvalue weighted by Crippen LogP contribution is -2.27. The fourth-order valence-corrected chi connectivity index (χ4v) is 1.48. The molecule has 0 aromatic heterocycles. The van der Waals surface area contributed by atoms with E-state index in [0.717, 1.165) is 31.0 Å². The van der Waals surface area contributed by atoms with Crippen molar-refractivity contribution in [3.63, 3.8) is 0 Å². The largest absolute Gasteiger partial charge is 0.492 e. The maximum Gasteiger partial charge on any atom is 0.120 e. The summed E-state index contributed by atoms with van der Waals surface area (Å²) in [7, 11) is 3.73. The Kier molecular flexibility index (Phi) is 7.68. The standard InChI is InChI=1S/C15H21NO3/c1-16(8-11-18-2)9-12-19-15-7-3-5-14(13-15)6-4-10-17/h3,5,7,13,17H,8-12H2,1-2H3. The molecular weight excluding hydrogens is 242 g/mol. The van der Waals surface area contributed by atoms with Gasteiger partial charge in [-0.1, -0.05) is 17.9 Å². The van der Waals surface area contributed by atoms with Crippen molar-refractivity contribution in [2.45, 2.75) is 0 Å². The molecule has 0 aliphatic carbocycles. The SMILES string of the molecule is COCCN(C)CCOc1cccc(C#CCO)c1. The summed E-state index contributed by atoms with van der Waals surface area (Å²) in [6, 6.07) is 7.56. The molecule has 1 aromatic rings. The van der Waals surface area contributed by atoms with Crippen molar-refractivity contribution in [2.75, 3.05) is 47.1 Å². The smallest absolute Gasteiger partial charge is 0.120 e. The van der Waals surface area contributed by atoms with Crippen LogP contribution in [0.5, 0.6) is 5.75 Å². The number of methoxy groups -OCH3 is 1. The number of aliphatic hydroxyl groups excluding tert-OH is 1. The first-order valence-corrected chi connectivity index (χ1v) is 6.26. The first-order valence-electron chi connectivity index (χ1n) is 6.26. The molecule has 0 bridgehead atoms. The van der Waals surface area contributed by atoms with Gasteiger partial charge in [0.2, 0.25) is 0 Å². The van der Waals surface area contributed by atoms with Crippen LogP contribution in [-0.4, -0.2) is 57.1 Å². The van der Waals surface area contributed by atoms with E-state index in [2.05, 4.69) is 16.7 Å². The molecule has 0 unspecified atom stereocenters. The minimum absolute atomic E-state index is 0.130. The van der Waals surface area contributed by atoms with Crippen LogP contribution in [0, 0.1) is 11.8 Å². The van der Waals surface area contributed by atoms with Gasteiger partial charge in [0.15, 0.2) is 0 Å². The second kappa shape index (κ2) is 9.40. The molecular formula is C15H21NO3. The monoisotopic (exact) mass is 263 g/mol. The maximum absolute atomic E-state index is 8.65. The van der Waals surface area contributed by atoms with Crippen molar-refractivity contribution in [2.24, 2.45) is 0 Å². The molecule has 1 aromatic carbocycles. The second-order valence-corrected chi connectivity index (χ2v) is 4.13. The van der Waals surface area contributed by atoms with Crippen LogP contribution in [0.1, 0.15) is 5.56 Å². The number of hydrogen-bond acceptors (Lipinski definition) is 4. The Morgan fingerprint density at radius 3 is 2.79 bits per heavy atom. The van der Waals surface area contributed by atoms with Gasteiger partial charge in [-0.15, -0.1) is 0 Å². The molecule has 1 rings (SSSR count). The minimum Gasteiger partial charge on any atom is -0.492 e.